The van der Waals surface area contributed by atoms with E-state index in [1.165, 1.54) is 0 Å². The fourth-order valence-corrected chi connectivity index (χ4v) is 3.78. The van der Waals surface area contributed by atoms with Gasteiger partial charge in [-0.3, -0.25) is 0 Å². The van der Waals surface area contributed by atoms with Crippen LogP contribution in [0, 0.1) is 28.6 Å². The summed E-state index contributed by atoms with van der Waals surface area (Å²) in [4.78, 5) is 0. The van der Waals surface area contributed by atoms with Crippen molar-refractivity contribution in [2.24, 2.45) is 28.6 Å². The highest BCUT2D eigenvalue weighted by Crippen LogP contribution is 2.43. The Hall–Kier alpha value is -0.990. The molecule has 0 heterocycles. The van der Waals surface area contributed by atoms with Crippen LogP contribution in [0.2, 0.25) is 0 Å². The van der Waals surface area contributed by atoms with Gasteiger partial charge in [0.25, 0.3) is 0 Å². The second-order valence-electron chi connectivity index (χ2n) is 11.1. The zero-order chi connectivity index (χ0) is 23.3. The Balaban J connectivity index is 5.53. The molecule has 0 aliphatic carbocycles. The molecule has 3 heteroatoms. The predicted molar refractivity (Wildman–Crippen MR) is 122 cm³/mol. The van der Waals surface area contributed by atoms with Crippen molar-refractivity contribution in [3.8, 4) is 0 Å². The standard InChI is InChI=1S/C26H45F3/c1-16(2)20(7)23(28)19(6)14-26(11,12)21(8)24(29)18(5)13-25(9,10)15-22(27)17(3)4/h16,20-21H,13-15H2,1-12H3/b23-19+,24-18+/t20-,21-/m1/s1. The van der Waals surface area contributed by atoms with Crippen molar-refractivity contribution < 1.29 is 13.2 Å². The van der Waals surface area contributed by atoms with Crippen LogP contribution in [-0.2, 0) is 0 Å². The van der Waals surface area contributed by atoms with E-state index in [1.807, 2.05) is 62.3 Å². The first-order valence-corrected chi connectivity index (χ1v) is 10.9. The van der Waals surface area contributed by atoms with Gasteiger partial charge in [-0.05, 0) is 74.0 Å². The third-order valence-electron chi connectivity index (χ3n) is 6.41. The first kappa shape index (κ1) is 28.0. The van der Waals surface area contributed by atoms with Gasteiger partial charge in [0, 0.05) is 18.3 Å². The lowest BCUT2D eigenvalue weighted by Crippen LogP contribution is -2.24. The fourth-order valence-electron chi connectivity index (χ4n) is 3.78. The highest BCUT2D eigenvalue weighted by molar-refractivity contribution is 5.17. The van der Waals surface area contributed by atoms with Gasteiger partial charge in [0.15, 0.2) is 0 Å². The first-order valence-electron chi connectivity index (χ1n) is 10.9. The number of rotatable bonds is 10. The number of allylic oxidation sites excluding steroid dienone is 6. The van der Waals surface area contributed by atoms with Crippen molar-refractivity contribution in [1.82, 2.24) is 0 Å². The first-order chi connectivity index (χ1) is 12.9. The molecule has 29 heavy (non-hydrogen) atoms. The molecule has 0 unspecified atom stereocenters. The lowest BCUT2D eigenvalue weighted by molar-refractivity contribution is 0.222. The molecule has 0 amide bonds. The van der Waals surface area contributed by atoms with Crippen molar-refractivity contribution in [3.05, 3.63) is 34.2 Å². The van der Waals surface area contributed by atoms with Crippen LogP contribution < -0.4 is 0 Å². The largest absolute Gasteiger partial charge is 0.212 e. The quantitative estimate of drug-likeness (QED) is 0.333. The molecule has 0 saturated heterocycles. The van der Waals surface area contributed by atoms with Crippen LogP contribution in [0.5, 0.6) is 0 Å². The van der Waals surface area contributed by atoms with E-state index in [9.17, 15) is 8.78 Å². The third-order valence-corrected chi connectivity index (χ3v) is 6.41. The SMILES string of the molecule is CC(C)=C(F)CC(C)(C)C/C(C)=C(/F)[C@@H](C)C(C)(C)C/C(C)=C(/F)[C@H](C)C(C)C. The summed E-state index contributed by atoms with van der Waals surface area (Å²) in [5.74, 6) is -0.580. The maximum atomic E-state index is 15.3. The van der Waals surface area contributed by atoms with E-state index in [-0.39, 0.29) is 40.6 Å². The Bertz CT molecular complexity index is 641. The highest BCUT2D eigenvalue weighted by Gasteiger charge is 2.33. The van der Waals surface area contributed by atoms with E-state index < -0.39 is 5.41 Å². The zero-order valence-electron chi connectivity index (χ0n) is 21.0. The van der Waals surface area contributed by atoms with Gasteiger partial charge in [0.1, 0.15) is 11.7 Å². The van der Waals surface area contributed by atoms with Crippen LogP contribution >= 0.6 is 0 Å². The Kier molecular flexibility index (Phi) is 10.5. The lowest BCUT2D eigenvalue weighted by Gasteiger charge is -2.34. The van der Waals surface area contributed by atoms with Crippen molar-refractivity contribution >= 4 is 0 Å². The van der Waals surface area contributed by atoms with E-state index in [4.69, 9.17) is 0 Å². The van der Waals surface area contributed by atoms with Crippen LogP contribution in [0.3, 0.4) is 0 Å². The summed E-state index contributed by atoms with van der Waals surface area (Å²) >= 11 is 0. The molecule has 0 radical (unpaired) electrons. The molecule has 0 aromatic rings. The van der Waals surface area contributed by atoms with Gasteiger partial charge in [-0.25, -0.2) is 13.2 Å². The summed E-state index contributed by atoms with van der Waals surface area (Å²) in [5, 5.41) is 0. The van der Waals surface area contributed by atoms with Crippen LogP contribution in [-0.4, -0.2) is 0 Å². The minimum atomic E-state index is -0.418. The Morgan fingerprint density at radius 3 is 1.55 bits per heavy atom. The molecule has 0 aromatic carbocycles. The normalized spacial score (nSPS) is 17.0. The lowest BCUT2D eigenvalue weighted by atomic mass is 9.72. The van der Waals surface area contributed by atoms with E-state index in [2.05, 4.69) is 0 Å². The Labute approximate surface area is 178 Å². The molecule has 0 rings (SSSR count). The summed E-state index contributed by atoms with van der Waals surface area (Å²) in [6.45, 7) is 22.9. The smallest absolute Gasteiger partial charge is 0.102 e. The van der Waals surface area contributed by atoms with Crippen LogP contribution in [0.4, 0.5) is 13.2 Å². The number of hydrogen-bond acceptors (Lipinski definition) is 0. The maximum absolute atomic E-state index is 15.3. The summed E-state index contributed by atoms with van der Waals surface area (Å²) in [6.07, 6.45) is 1.30. The van der Waals surface area contributed by atoms with Gasteiger partial charge in [0.05, 0.1) is 5.83 Å². The Morgan fingerprint density at radius 2 is 1.14 bits per heavy atom. The summed E-state index contributed by atoms with van der Waals surface area (Å²) < 4.78 is 44.1. The van der Waals surface area contributed by atoms with Crippen molar-refractivity contribution in [2.75, 3.05) is 0 Å². The van der Waals surface area contributed by atoms with Crippen LogP contribution in [0.25, 0.3) is 0 Å². The maximum Gasteiger partial charge on any atom is 0.102 e. The second kappa shape index (κ2) is 10.9. The summed E-state index contributed by atoms with van der Waals surface area (Å²) in [5.41, 5.74) is 1.27. The molecule has 0 nitrogen and oxygen atoms in total. The summed E-state index contributed by atoms with van der Waals surface area (Å²) in [7, 11) is 0. The van der Waals surface area contributed by atoms with E-state index in [1.54, 1.807) is 20.8 Å². The van der Waals surface area contributed by atoms with Gasteiger partial charge >= 0.3 is 0 Å². The number of halogens is 3. The molecule has 0 saturated carbocycles. The van der Waals surface area contributed by atoms with Gasteiger partial charge in [-0.1, -0.05) is 55.4 Å². The van der Waals surface area contributed by atoms with Crippen molar-refractivity contribution in [1.29, 1.82) is 0 Å². The van der Waals surface area contributed by atoms with Gasteiger partial charge in [0.2, 0.25) is 0 Å². The van der Waals surface area contributed by atoms with Crippen molar-refractivity contribution in [2.45, 2.75) is 102 Å². The van der Waals surface area contributed by atoms with Crippen LogP contribution in [0.1, 0.15) is 102 Å². The van der Waals surface area contributed by atoms with E-state index >= 15 is 4.39 Å². The van der Waals surface area contributed by atoms with Gasteiger partial charge < -0.3 is 0 Å². The molecule has 0 aromatic heterocycles. The topological polar surface area (TPSA) is 0 Å². The molecule has 0 bridgehead atoms. The molecule has 0 aliphatic heterocycles. The van der Waals surface area contributed by atoms with E-state index in [0.717, 1.165) is 0 Å². The monoisotopic (exact) mass is 414 g/mol. The third kappa shape index (κ3) is 8.72. The van der Waals surface area contributed by atoms with Gasteiger partial charge in [-0.15, -0.1) is 0 Å². The molecular formula is C26H45F3. The molecule has 0 aliphatic rings. The Morgan fingerprint density at radius 1 is 0.690 bits per heavy atom. The second-order valence-corrected chi connectivity index (χ2v) is 11.1. The average Bonchev–Trinajstić information content (AvgIpc) is 2.57. The predicted octanol–water partition coefficient (Wildman–Crippen LogP) is 9.89. The number of hydrogen-bond donors (Lipinski definition) is 0. The minimum absolute atomic E-state index is 0.0697. The highest BCUT2D eigenvalue weighted by atomic mass is 19.1. The minimum Gasteiger partial charge on any atom is -0.212 e. The van der Waals surface area contributed by atoms with Gasteiger partial charge in [-0.2, -0.15) is 0 Å². The molecule has 2 atom stereocenters. The summed E-state index contributed by atoms with van der Waals surface area (Å²) in [6, 6.07) is 0. The fraction of sp³-hybridized carbons (Fsp3) is 0.769. The zero-order valence-corrected chi connectivity index (χ0v) is 21.0. The molecular weight excluding hydrogens is 369 g/mol. The molecule has 170 valence electrons. The molecule has 0 spiro atoms. The molecule has 0 fully saturated rings. The van der Waals surface area contributed by atoms with Crippen molar-refractivity contribution in [3.63, 3.8) is 0 Å². The van der Waals surface area contributed by atoms with E-state index in [0.29, 0.717) is 36.0 Å². The molecule has 0 N–H and O–H groups in total. The van der Waals surface area contributed by atoms with Crippen LogP contribution in [0.15, 0.2) is 34.2 Å². The average molecular weight is 415 g/mol.